The first kappa shape index (κ1) is 15.9. The van der Waals surface area contributed by atoms with Crippen molar-refractivity contribution in [1.29, 1.82) is 0 Å². The zero-order valence-electron chi connectivity index (χ0n) is 12.0. The molecule has 114 valence electrons. The fourth-order valence-electron chi connectivity index (χ4n) is 1.73. The molecule has 1 heterocycles. The van der Waals surface area contributed by atoms with Crippen LogP contribution >= 0.6 is 11.8 Å². The highest BCUT2D eigenvalue weighted by Crippen LogP contribution is 2.21. The van der Waals surface area contributed by atoms with E-state index in [9.17, 15) is 4.39 Å². The van der Waals surface area contributed by atoms with Crippen LogP contribution in [0.4, 0.5) is 4.39 Å². The largest absolute Gasteiger partial charge is 0.383 e. The molecule has 0 bridgehead atoms. The topological polar surface area (TPSA) is 52.0 Å². The van der Waals surface area contributed by atoms with Gasteiger partial charge in [0.05, 0.1) is 18.8 Å². The number of halogens is 1. The van der Waals surface area contributed by atoms with Crippen LogP contribution in [0, 0.1) is 5.82 Å². The summed E-state index contributed by atoms with van der Waals surface area (Å²) in [5, 5.41) is 11.4. The van der Waals surface area contributed by atoms with Gasteiger partial charge in [-0.05, 0) is 12.1 Å². The number of nitrogens with zero attached hydrogens (tertiary/aromatic N) is 3. The molecule has 1 N–H and O–H groups in total. The zero-order chi connectivity index (χ0) is 14.9. The molecule has 5 nitrogen and oxygen atoms in total. The highest BCUT2D eigenvalue weighted by molar-refractivity contribution is 7.99. The van der Waals surface area contributed by atoms with Gasteiger partial charge in [-0.15, -0.1) is 16.9 Å². The highest BCUT2D eigenvalue weighted by atomic mass is 32.2. The molecular formula is C14H19FN4OS. The number of hydrogen-bond acceptors (Lipinski definition) is 5. The number of hydrogen-bond donors (Lipinski definition) is 1. The lowest BCUT2D eigenvalue weighted by Crippen LogP contribution is -2.18. The zero-order valence-corrected chi connectivity index (χ0v) is 12.8. The van der Waals surface area contributed by atoms with Crippen LogP contribution in [0.3, 0.4) is 0 Å². The van der Waals surface area contributed by atoms with Crippen LogP contribution in [0.2, 0.25) is 0 Å². The second-order valence-corrected chi connectivity index (χ2v) is 5.56. The lowest BCUT2D eigenvalue weighted by molar-refractivity contribution is 0.199. The van der Waals surface area contributed by atoms with Crippen molar-refractivity contribution in [3.05, 3.63) is 42.0 Å². The monoisotopic (exact) mass is 310 g/mol. The van der Waals surface area contributed by atoms with E-state index in [0.717, 1.165) is 18.0 Å². The van der Waals surface area contributed by atoms with Crippen molar-refractivity contribution < 1.29 is 9.13 Å². The molecule has 0 aliphatic carbocycles. The minimum atomic E-state index is -0.177. The normalized spacial score (nSPS) is 11.0. The van der Waals surface area contributed by atoms with E-state index in [1.165, 1.54) is 17.8 Å². The third-order valence-corrected chi connectivity index (χ3v) is 3.82. The molecule has 2 aromatic rings. The van der Waals surface area contributed by atoms with Gasteiger partial charge < -0.3 is 10.1 Å². The molecule has 0 amide bonds. The smallest absolute Gasteiger partial charge is 0.136 e. The first-order valence-corrected chi connectivity index (χ1v) is 7.74. The number of rotatable bonds is 9. The summed E-state index contributed by atoms with van der Waals surface area (Å²) in [6.45, 7) is 2.83. The van der Waals surface area contributed by atoms with Crippen LogP contribution in [-0.2, 0) is 17.8 Å². The molecule has 0 unspecified atom stereocenters. The maximum atomic E-state index is 13.4. The highest BCUT2D eigenvalue weighted by Gasteiger charge is 2.03. The number of ether oxygens (including phenoxy) is 1. The Morgan fingerprint density at radius 2 is 2.24 bits per heavy atom. The van der Waals surface area contributed by atoms with Gasteiger partial charge in [0.1, 0.15) is 5.82 Å². The van der Waals surface area contributed by atoms with E-state index in [1.807, 2.05) is 12.3 Å². The number of benzene rings is 1. The first-order valence-electron chi connectivity index (χ1n) is 6.75. The van der Waals surface area contributed by atoms with Gasteiger partial charge in [-0.1, -0.05) is 17.3 Å². The first-order chi connectivity index (χ1) is 10.3. The van der Waals surface area contributed by atoms with Gasteiger partial charge in [0.25, 0.3) is 0 Å². The molecule has 0 spiro atoms. The molecule has 0 aliphatic heterocycles. The molecule has 0 saturated carbocycles. The Morgan fingerprint density at radius 3 is 3.05 bits per heavy atom. The van der Waals surface area contributed by atoms with E-state index in [-0.39, 0.29) is 5.82 Å². The van der Waals surface area contributed by atoms with Crippen LogP contribution in [0.25, 0.3) is 0 Å². The van der Waals surface area contributed by atoms with Gasteiger partial charge >= 0.3 is 0 Å². The Kier molecular flexibility index (Phi) is 6.65. The molecule has 1 aromatic carbocycles. The van der Waals surface area contributed by atoms with Crippen molar-refractivity contribution in [2.24, 2.45) is 0 Å². The van der Waals surface area contributed by atoms with Gasteiger partial charge in [0.15, 0.2) is 0 Å². The maximum Gasteiger partial charge on any atom is 0.136 e. The quantitative estimate of drug-likeness (QED) is 0.567. The van der Waals surface area contributed by atoms with E-state index in [4.69, 9.17) is 4.74 Å². The summed E-state index contributed by atoms with van der Waals surface area (Å²) in [4.78, 5) is 0.666. The molecular weight excluding hydrogens is 291 g/mol. The standard InChI is InChI=1S/C14H19FN4OS/c1-20-8-6-16-10-12-11-19(18-17-12)7-9-21-14-5-3-2-4-13(14)15/h2-5,11,16H,6-10H2,1H3. The van der Waals surface area contributed by atoms with Crippen molar-refractivity contribution in [2.45, 2.75) is 18.0 Å². The lowest BCUT2D eigenvalue weighted by atomic mass is 10.3. The second kappa shape index (κ2) is 8.76. The molecule has 0 fully saturated rings. The van der Waals surface area contributed by atoms with Crippen molar-refractivity contribution in [2.75, 3.05) is 26.0 Å². The Labute approximate surface area is 127 Å². The van der Waals surface area contributed by atoms with E-state index in [2.05, 4.69) is 15.6 Å². The Balaban J connectivity index is 1.71. The molecule has 0 atom stereocenters. The lowest BCUT2D eigenvalue weighted by Gasteiger charge is -2.02. The Bertz CT molecular complexity index is 549. The van der Waals surface area contributed by atoms with E-state index >= 15 is 0 Å². The predicted molar refractivity (Wildman–Crippen MR) is 80.7 cm³/mol. The summed E-state index contributed by atoms with van der Waals surface area (Å²) in [6.07, 6.45) is 1.90. The third kappa shape index (κ3) is 5.45. The second-order valence-electron chi connectivity index (χ2n) is 4.42. The number of methoxy groups -OCH3 is 1. The van der Waals surface area contributed by atoms with Gasteiger partial charge in [0, 0.05) is 37.0 Å². The summed E-state index contributed by atoms with van der Waals surface area (Å²) < 4.78 is 20.2. The summed E-state index contributed by atoms with van der Waals surface area (Å²) in [7, 11) is 1.67. The third-order valence-electron chi connectivity index (χ3n) is 2.79. The van der Waals surface area contributed by atoms with Gasteiger partial charge in [-0.25, -0.2) is 4.39 Å². The summed E-state index contributed by atoms with van der Waals surface area (Å²) in [5.74, 6) is 0.574. The summed E-state index contributed by atoms with van der Waals surface area (Å²) in [5.41, 5.74) is 0.891. The predicted octanol–water partition coefficient (Wildman–Crippen LogP) is 1.95. The number of nitrogens with one attached hydrogen (secondary N) is 1. The van der Waals surface area contributed by atoms with Crippen molar-refractivity contribution in [3.8, 4) is 0 Å². The van der Waals surface area contributed by atoms with Gasteiger partial charge in [0.2, 0.25) is 0 Å². The Morgan fingerprint density at radius 1 is 1.38 bits per heavy atom. The van der Waals surface area contributed by atoms with Crippen molar-refractivity contribution in [1.82, 2.24) is 20.3 Å². The fourth-order valence-corrected chi connectivity index (χ4v) is 2.61. The molecule has 7 heteroatoms. The van der Waals surface area contributed by atoms with Crippen LogP contribution < -0.4 is 5.32 Å². The van der Waals surface area contributed by atoms with E-state index < -0.39 is 0 Å². The van der Waals surface area contributed by atoms with E-state index in [0.29, 0.717) is 24.6 Å². The van der Waals surface area contributed by atoms with Gasteiger partial charge in [-0.2, -0.15) is 0 Å². The van der Waals surface area contributed by atoms with Crippen LogP contribution in [0.5, 0.6) is 0 Å². The number of aryl methyl sites for hydroxylation is 1. The minimum Gasteiger partial charge on any atom is -0.383 e. The van der Waals surface area contributed by atoms with Crippen LogP contribution in [0.15, 0.2) is 35.4 Å². The molecule has 0 radical (unpaired) electrons. The Hall–Kier alpha value is -1.44. The average Bonchev–Trinajstić information content (AvgIpc) is 2.94. The fraction of sp³-hybridized carbons (Fsp3) is 0.429. The van der Waals surface area contributed by atoms with Gasteiger partial charge in [-0.3, -0.25) is 4.68 Å². The SMILES string of the molecule is COCCNCc1cn(CCSc2ccccc2F)nn1. The summed E-state index contributed by atoms with van der Waals surface area (Å²) in [6, 6.07) is 6.79. The number of thioether (sulfide) groups is 1. The maximum absolute atomic E-state index is 13.4. The molecule has 1 aromatic heterocycles. The summed E-state index contributed by atoms with van der Waals surface area (Å²) >= 11 is 1.48. The molecule has 21 heavy (non-hydrogen) atoms. The molecule has 0 aliphatic rings. The van der Waals surface area contributed by atoms with Crippen LogP contribution in [0.1, 0.15) is 5.69 Å². The molecule has 0 saturated heterocycles. The van der Waals surface area contributed by atoms with Crippen molar-refractivity contribution in [3.63, 3.8) is 0 Å². The van der Waals surface area contributed by atoms with Crippen LogP contribution in [-0.4, -0.2) is 41.0 Å². The van der Waals surface area contributed by atoms with Crippen molar-refractivity contribution >= 4 is 11.8 Å². The average molecular weight is 310 g/mol. The molecule has 2 rings (SSSR count). The minimum absolute atomic E-state index is 0.177. The number of aromatic nitrogens is 3. The van der Waals surface area contributed by atoms with E-state index in [1.54, 1.807) is 23.9 Å².